The molecule has 1 aliphatic carbocycles. The zero-order valence-electron chi connectivity index (χ0n) is 11.3. The second kappa shape index (κ2) is 4.96. The highest BCUT2D eigenvalue weighted by molar-refractivity contribution is 5.41. The Hall–Kier alpha value is -1.97. The molecule has 1 saturated carbocycles. The van der Waals surface area contributed by atoms with Crippen molar-refractivity contribution in [2.75, 3.05) is 14.2 Å². The molecule has 0 unspecified atom stereocenters. The van der Waals surface area contributed by atoms with Crippen LogP contribution in [0.2, 0.25) is 0 Å². The quantitative estimate of drug-likeness (QED) is 0.827. The molecule has 100 valence electrons. The lowest BCUT2D eigenvalue weighted by molar-refractivity contribution is 0.389. The average Bonchev–Trinajstić information content (AvgIpc) is 3.19. The molecular formula is C15H18N2O2. The second-order valence-corrected chi connectivity index (χ2v) is 4.87. The van der Waals surface area contributed by atoms with Crippen molar-refractivity contribution >= 4 is 0 Å². The van der Waals surface area contributed by atoms with E-state index in [0.717, 1.165) is 23.6 Å². The molecule has 0 aliphatic heterocycles. The minimum atomic E-state index is 0.701. The summed E-state index contributed by atoms with van der Waals surface area (Å²) in [5, 5.41) is 4.42. The van der Waals surface area contributed by atoms with Gasteiger partial charge in [-0.05, 0) is 31.0 Å². The molecule has 4 heteroatoms. The van der Waals surface area contributed by atoms with E-state index in [9.17, 15) is 0 Å². The zero-order chi connectivity index (χ0) is 13.2. The Kier molecular flexibility index (Phi) is 3.15. The SMILES string of the molecule is COc1ccc(Cn2nccc2C2CC2)c(OC)c1. The lowest BCUT2D eigenvalue weighted by atomic mass is 10.2. The molecule has 0 saturated heterocycles. The van der Waals surface area contributed by atoms with Crippen LogP contribution in [0.25, 0.3) is 0 Å². The van der Waals surface area contributed by atoms with E-state index in [-0.39, 0.29) is 0 Å². The minimum absolute atomic E-state index is 0.701. The summed E-state index contributed by atoms with van der Waals surface area (Å²) < 4.78 is 12.7. The summed E-state index contributed by atoms with van der Waals surface area (Å²) >= 11 is 0. The molecule has 0 atom stereocenters. The third-order valence-electron chi connectivity index (χ3n) is 3.56. The Balaban J connectivity index is 1.87. The Bertz CT molecular complexity index is 573. The molecule has 1 aromatic heterocycles. The Morgan fingerprint density at radius 3 is 2.74 bits per heavy atom. The summed E-state index contributed by atoms with van der Waals surface area (Å²) in [6.45, 7) is 0.742. The third-order valence-corrected chi connectivity index (χ3v) is 3.56. The maximum Gasteiger partial charge on any atom is 0.127 e. The number of aromatic nitrogens is 2. The number of methoxy groups -OCH3 is 2. The van der Waals surface area contributed by atoms with Gasteiger partial charge in [-0.2, -0.15) is 5.10 Å². The molecule has 0 amide bonds. The van der Waals surface area contributed by atoms with Crippen molar-refractivity contribution in [1.82, 2.24) is 9.78 Å². The van der Waals surface area contributed by atoms with Crippen LogP contribution in [0.15, 0.2) is 30.5 Å². The molecule has 0 bridgehead atoms. The third kappa shape index (κ3) is 2.43. The van der Waals surface area contributed by atoms with E-state index in [2.05, 4.69) is 15.8 Å². The highest BCUT2D eigenvalue weighted by atomic mass is 16.5. The highest BCUT2D eigenvalue weighted by Gasteiger charge is 2.27. The maximum absolute atomic E-state index is 5.43. The number of rotatable bonds is 5. The van der Waals surface area contributed by atoms with Crippen molar-refractivity contribution in [3.63, 3.8) is 0 Å². The van der Waals surface area contributed by atoms with E-state index in [1.807, 2.05) is 24.4 Å². The van der Waals surface area contributed by atoms with Crippen molar-refractivity contribution in [3.8, 4) is 11.5 Å². The van der Waals surface area contributed by atoms with Gasteiger partial charge in [0.2, 0.25) is 0 Å². The van der Waals surface area contributed by atoms with Crippen LogP contribution in [0.1, 0.15) is 30.0 Å². The summed E-state index contributed by atoms with van der Waals surface area (Å²) in [5.74, 6) is 2.35. The van der Waals surface area contributed by atoms with Gasteiger partial charge >= 0.3 is 0 Å². The molecule has 1 fully saturated rings. The predicted octanol–water partition coefficient (Wildman–Crippen LogP) is 2.83. The van der Waals surface area contributed by atoms with Gasteiger partial charge in [-0.3, -0.25) is 4.68 Å². The Morgan fingerprint density at radius 1 is 1.21 bits per heavy atom. The Morgan fingerprint density at radius 2 is 2.05 bits per heavy atom. The van der Waals surface area contributed by atoms with Crippen molar-refractivity contribution in [2.45, 2.75) is 25.3 Å². The molecule has 0 radical (unpaired) electrons. The minimum Gasteiger partial charge on any atom is -0.497 e. The summed E-state index contributed by atoms with van der Waals surface area (Å²) in [7, 11) is 3.34. The molecule has 19 heavy (non-hydrogen) atoms. The van der Waals surface area contributed by atoms with E-state index >= 15 is 0 Å². The monoisotopic (exact) mass is 258 g/mol. The summed E-state index contributed by atoms with van der Waals surface area (Å²) in [5.41, 5.74) is 2.45. The van der Waals surface area contributed by atoms with Gasteiger partial charge in [-0.15, -0.1) is 0 Å². The van der Waals surface area contributed by atoms with Crippen LogP contribution >= 0.6 is 0 Å². The molecular weight excluding hydrogens is 240 g/mol. The van der Waals surface area contributed by atoms with Gasteiger partial charge in [0.25, 0.3) is 0 Å². The molecule has 0 N–H and O–H groups in total. The van der Waals surface area contributed by atoms with E-state index in [0.29, 0.717) is 5.92 Å². The van der Waals surface area contributed by atoms with Gasteiger partial charge in [0, 0.05) is 29.4 Å². The molecule has 4 nitrogen and oxygen atoms in total. The first-order chi connectivity index (χ1) is 9.31. The van der Waals surface area contributed by atoms with E-state index in [4.69, 9.17) is 9.47 Å². The standard InChI is InChI=1S/C15H18N2O2/c1-18-13-6-5-12(15(9-13)19-2)10-17-14(7-8-16-17)11-3-4-11/h5-9,11H,3-4,10H2,1-2H3. The van der Waals surface area contributed by atoms with Crippen molar-refractivity contribution in [3.05, 3.63) is 41.7 Å². The predicted molar refractivity (Wildman–Crippen MR) is 72.9 cm³/mol. The van der Waals surface area contributed by atoms with E-state index < -0.39 is 0 Å². The molecule has 0 spiro atoms. The van der Waals surface area contributed by atoms with Gasteiger partial charge in [-0.1, -0.05) is 0 Å². The fourth-order valence-electron chi connectivity index (χ4n) is 2.34. The number of benzene rings is 1. The fraction of sp³-hybridized carbons (Fsp3) is 0.400. The largest absolute Gasteiger partial charge is 0.497 e. The molecule has 1 heterocycles. The average molecular weight is 258 g/mol. The first kappa shape index (κ1) is 12.1. The van der Waals surface area contributed by atoms with Crippen LogP contribution in [0, 0.1) is 0 Å². The smallest absolute Gasteiger partial charge is 0.127 e. The van der Waals surface area contributed by atoms with E-state index in [1.54, 1.807) is 14.2 Å². The van der Waals surface area contributed by atoms with Gasteiger partial charge < -0.3 is 9.47 Å². The second-order valence-electron chi connectivity index (χ2n) is 4.87. The Labute approximate surface area is 113 Å². The van der Waals surface area contributed by atoms with Gasteiger partial charge in [-0.25, -0.2) is 0 Å². The number of ether oxygens (including phenoxy) is 2. The van der Waals surface area contributed by atoms with Crippen LogP contribution in [-0.4, -0.2) is 24.0 Å². The van der Waals surface area contributed by atoms with Crippen LogP contribution in [0.3, 0.4) is 0 Å². The topological polar surface area (TPSA) is 36.3 Å². The number of nitrogens with zero attached hydrogens (tertiary/aromatic N) is 2. The lowest BCUT2D eigenvalue weighted by Crippen LogP contribution is -2.06. The maximum atomic E-state index is 5.43. The number of hydrogen-bond donors (Lipinski definition) is 0. The summed E-state index contributed by atoms with van der Waals surface area (Å²) in [4.78, 5) is 0. The molecule has 1 aliphatic rings. The summed E-state index contributed by atoms with van der Waals surface area (Å²) in [6, 6.07) is 8.03. The number of hydrogen-bond acceptors (Lipinski definition) is 3. The lowest BCUT2D eigenvalue weighted by Gasteiger charge is -2.12. The van der Waals surface area contributed by atoms with Crippen molar-refractivity contribution in [2.24, 2.45) is 0 Å². The zero-order valence-corrected chi connectivity index (χ0v) is 11.3. The van der Waals surface area contributed by atoms with Crippen molar-refractivity contribution < 1.29 is 9.47 Å². The van der Waals surface area contributed by atoms with Crippen LogP contribution < -0.4 is 9.47 Å². The van der Waals surface area contributed by atoms with Crippen LogP contribution in [0.5, 0.6) is 11.5 Å². The normalized spacial score (nSPS) is 14.4. The van der Waals surface area contributed by atoms with Gasteiger partial charge in [0.1, 0.15) is 11.5 Å². The molecule has 2 aromatic rings. The first-order valence-corrected chi connectivity index (χ1v) is 6.54. The van der Waals surface area contributed by atoms with Gasteiger partial charge in [0.15, 0.2) is 0 Å². The summed E-state index contributed by atoms with van der Waals surface area (Å²) in [6.07, 6.45) is 4.44. The van der Waals surface area contributed by atoms with Crippen molar-refractivity contribution in [1.29, 1.82) is 0 Å². The molecule has 1 aromatic carbocycles. The fourth-order valence-corrected chi connectivity index (χ4v) is 2.34. The van der Waals surface area contributed by atoms with Gasteiger partial charge in [0.05, 0.1) is 20.8 Å². The molecule has 3 rings (SSSR count). The highest BCUT2D eigenvalue weighted by Crippen LogP contribution is 2.40. The van der Waals surface area contributed by atoms with Crippen LogP contribution in [-0.2, 0) is 6.54 Å². The van der Waals surface area contributed by atoms with Crippen LogP contribution in [0.4, 0.5) is 0 Å². The van der Waals surface area contributed by atoms with E-state index in [1.165, 1.54) is 18.5 Å². The first-order valence-electron chi connectivity index (χ1n) is 6.54.